The van der Waals surface area contributed by atoms with Crippen LogP contribution in [0, 0.1) is 5.92 Å². The van der Waals surface area contributed by atoms with Crippen molar-refractivity contribution in [2.45, 2.75) is 32.9 Å². The van der Waals surface area contributed by atoms with E-state index in [4.69, 9.17) is 5.11 Å². The molecule has 0 spiro atoms. The lowest BCUT2D eigenvalue weighted by molar-refractivity contribution is -0.122. The molecule has 1 rings (SSSR count). The van der Waals surface area contributed by atoms with Crippen LogP contribution in [0.5, 0.6) is 0 Å². The van der Waals surface area contributed by atoms with Gasteiger partial charge in [0.2, 0.25) is 5.91 Å². The lowest BCUT2D eigenvalue weighted by Crippen LogP contribution is -2.41. The van der Waals surface area contributed by atoms with Crippen molar-refractivity contribution in [3.05, 3.63) is 18.7 Å². The van der Waals surface area contributed by atoms with Crippen LogP contribution in [-0.2, 0) is 11.3 Å². The van der Waals surface area contributed by atoms with E-state index in [1.807, 2.05) is 24.6 Å². The summed E-state index contributed by atoms with van der Waals surface area (Å²) in [4.78, 5) is 15.5. The summed E-state index contributed by atoms with van der Waals surface area (Å²) in [5, 5.41) is 11.9. The number of carbonyl (C=O) groups is 1. The fraction of sp³-hybridized carbons (Fsp3) is 0.636. The van der Waals surface area contributed by atoms with E-state index < -0.39 is 0 Å². The Bertz CT molecular complexity index is 309. The molecule has 0 aromatic carbocycles. The summed E-state index contributed by atoms with van der Waals surface area (Å²) in [6.07, 6.45) is 5.58. The number of hydrogen-bond acceptors (Lipinski definition) is 3. The number of aromatic nitrogens is 2. The van der Waals surface area contributed by atoms with Crippen LogP contribution in [0.3, 0.4) is 0 Å². The molecule has 1 aromatic rings. The molecule has 2 N–H and O–H groups in total. The zero-order valence-electron chi connectivity index (χ0n) is 9.76. The molecule has 1 unspecified atom stereocenters. The highest BCUT2D eigenvalue weighted by molar-refractivity contribution is 5.76. The first-order valence-electron chi connectivity index (χ1n) is 5.49. The van der Waals surface area contributed by atoms with Gasteiger partial charge in [-0.25, -0.2) is 4.98 Å². The number of nitrogens with zero attached hydrogens (tertiary/aromatic N) is 2. The van der Waals surface area contributed by atoms with E-state index in [1.165, 1.54) is 0 Å². The molecule has 1 heterocycles. The smallest absolute Gasteiger partial charge is 0.222 e. The molecule has 0 radical (unpaired) electrons. The van der Waals surface area contributed by atoms with Crippen LogP contribution in [0.2, 0.25) is 0 Å². The van der Waals surface area contributed by atoms with Gasteiger partial charge in [-0.3, -0.25) is 4.79 Å². The Labute approximate surface area is 95.5 Å². The normalized spacial score (nSPS) is 12.8. The van der Waals surface area contributed by atoms with Crippen molar-refractivity contribution in [1.29, 1.82) is 0 Å². The first-order chi connectivity index (χ1) is 7.63. The molecule has 0 fully saturated rings. The topological polar surface area (TPSA) is 67.2 Å². The van der Waals surface area contributed by atoms with Crippen molar-refractivity contribution in [1.82, 2.24) is 14.9 Å². The van der Waals surface area contributed by atoms with Gasteiger partial charge in [0.1, 0.15) is 0 Å². The highest BCUT2D eigenvalue weighted by atomic mass is 16.3. The van der Waals surface area contributed by atoms with E-state index in [0.29, 0.717) is 13.0 Å². The van der Waals surface area contributed by atoms with Crippen LogP contribution in [-0.4, -0.2) is 33.2 Å². The fourth-order valence-electron chi connectivity index (χ4n) is 1.35. The lowest BCUT2D eigenvalue weighted by Gasteiger charge is -2.19. The molecule has 0 aliphatic rings. The molecular formula is C11H19N3O2. The second kappa shape index (κ2) is 6.27. The lowest BCUT2D eigenvalue weighted by atomic mass is 10.1. The van der Waals surface area contributed by atoms with Crippen LogP contribution in [0.4, 0.5) is 0 Å². The predicted molar refractivity (Wildman–Crippen MR) is 60.7 cm³/mol. The summed E-state index contributed by atoms with van der Waals surface area (Å²) >= 11 is 0. The van der Waals surface area contributed by atoms with E-state index >= 15 is 0 Å². The second-order valence-corrected chi connectivity index (χ2v) is 4.15. The van der Waals surface area contributed by atoms with Gasteiger partial charge in [0.05, 0.1) is 19.0 Å². The minimum absolute atomic E-state index is 0.0194. The molecule has 0 saturated carbocycles. The van der Waals surface area contributed by atoms with Crippen LogP contribution in [0.15, 0.2) is 18.7 Å². The Morgan fingerprint density at radius 2 is 2.31 bits per heavy atom. The summed E-state index contributed by atoms with van der Waals surface area (Å²) in [6, 6.07) is -0.157. The summed E-state index contributed by atoms with van der Waals surface area (Å²) in [5.41, 5.74) is 0. The number of aliphatic hydroxyl groups excluding tert-OH is 1. The molecule has 0 saturated heterocycles. The number of nitrogens with one attached hydrogen (secondary N) is 1. The number of amides is 1. The van der Waals surface area contributed by atoms with Crippen molar-refractivity contribution >= 4 is 5.91 Å². The predicted octanol–water partition coefficient (Wildman–Crippen LogP) is 0.406. The highest BCUT2D eigenvalue weighted by Crippen LogP contribution is 2.01. The summed E-state index contributed by atoms with van der Waals surface area (Å²) in [5.74, 6) is 0.198. The molecule has 1 atom stereocenters. The Balaban J connectivity index is 2.30. The number of aliphatic hydroxyl groups is 1. The van der Waals surface area contributed by atoms with Crippen LogP contribution < -0.4 is 5.32 Å². The first kappa shape index (κ1) is 12.7. The largest absolute Gasteiger partial charge is 0.394 e. The number of imidazole rings is 1. The van der Waals surface area contributed by atoms with E-state index in [0.717, 1.165) is 0 Å². The van der Waals surface area contributed by atoms with Crippen molar-refractivity contribution in [2.24, 2.45) is 5.92 Å². The monoisotopic (exact) mass is 225 g/mol. The minimum atomic E-state index is -0.157. The Hall–Kier alpha value is -1.36. The Kier molecular flexibility index (Phi) is 4.98. The fourth-order valence-corrected chi connectivity index (χ4v) is 1.35. The van der Waals surface area contributed by atoms with Crippen LogP contribution >= 0.6 is 0 Å². The molecule has 0 aliphatic heterocycles. The van der Waals surface area contributed by atoms with E-state index in [2.05, 4.69) is 10.3 Å². The standard InChI is InChI=1S/C11H19N3O2/c1-9(2)10(7-15)13-11(16)3-5-14-6-4-12-8-14/h4,6,8-10,15H,3,5,7H2,1-2H3,(H,13,16). The average Bonchev–Trinajstić information content (AvgIpc) is 2.75. The van der Waals surface area contributed by atoms with Crippen molar-refractivity contribution < 1.29 is 9.90 Å². The van der Waals surface area contributed by atoms with Crippen molar-refractivity contribution in [3.8, 4) is 0 Å². The van der Waals surface area contributed by atoms with Crippen LogP contribution in [0.25, 0.3) is 0 Å². The maximum atomic E-state index is 11.6. The maximum Gasteiger partial charge on any atom is 0.222 e. The van der Waals surface area contributed by atoms with Gasteiger partial charge in [0.25, 0.3) is 0 Å². The molecule has 5 heteroatoms. The molecule has 16 heavy (non-hydrogen) atoms. The van der Waals surface area contributed by atoms with Gasteiger partial charge in [0, 0.05) is 25.4 Å². The van der Waals surface area contributed by atoms with Gasteiger partial charge in [-0.1, -0.05) is 13.8 Å². The number of carbonyl (C=O) groups excluding carboxylic acids is 1. The van der Waals surface area contributed by atoms with Crippen LogP contribution in [0.1, 0.15) is 20.3 Å². The van der Waals surface area contributed by atoms with Gasteiger partial charge in [-0.05, 0) is 5.92 Å². The first-order valence-corrected chi connectivity index (χ1v) is 5.49. The summed E-state index contributed by atoms with van der Waals surface area (Å²) in [6.45, 7) is 4.53. The van der Waals surface area contributed by atoms with E-state index in [1.54, 1.807) is 12.5 Å². The molecule has 5 nitrogen and oxygen atoms in total. The average molecular weight is 225 g/mol. The van der Waals surface area contributed by atoms with Gasteiger partial charge in [0.15, 0.2) is 0 Å². The summed E-state index contributed by atoms with van der Waals surface area (Å²) < 4.78 is 1.85. The zero-order valence-corrected chi connectivity index (χ0v) is 9.76. The van der Waals surface area contributed by atoms with E-state index in [9.17, 15) is 4.79 Å². The van der Waals surface area contributed by atoms with Gasteiger partial charge >= 0.3 is 0 Å². The number of rotatable bonds is 6. The third-order valence-corrected chi connectivity index (χ3v) is 2.50. The molecule has 1 amide bonds. The van der Waals surface area contributed by atoms with Gasteiger partial charge in [-0.15, -0.1) is 0 Å². The third kappa shape index (κ3) is 4.02. The number of hydrogen-bond donors (Lipinski definition) is 2. The second-order valence-electron chi connectivity index (χ2n) is 4.15. The minimum Gasteiger partial charge on any atom is -0.394 e. The Morgan fingerprint density at radius 1 is 1.56 bits per heavy atom. The summed E-state index contributed by atoms with van der Waals surface area (Å²) in [7, 11) is 0. The third-order valence-electron chi connectivity index (χ3n) is 2.50. The molecule has 0 bridgehead atoms. The molecule has 0 aliphatic carbocycles. The zero-order chi connectivity index (χ0) is 12.0. The van der Waals surface area contributed by atoms with Crippen molar-refractivity contribution in [3.63, 3.8) is 0 Å². The quantitative estimate of drug-likeness (QED) is 0.736. The Morgan fingerprint density at radius 3 is 2.81 bits per heavy atom. The molecular weight excluding hydrogens is 206 g/mol. The highest BCUT2D eigenvalue weighted by Gasteiger charge is 2.14. The van der Waals surface area contributed by atoms with Crippen molar-refractivity contribution in [2.75, 3.05) is 6.61 Å². The van der Waals surface area contributed by atoms with E-state index in [-0.39, 0.29) is 24.5 Å². The molecule has 90 valence electrons. The van der Waals surface area contributed by atoms with Gasteiger partial charge in [-0.2, -0.15) is 0 Å². The number of aryl methyl sites for hydroxylation is 1. The van der Waals surface area contributed by atoms with Gasteiger partial charge < -0.3 is 15.0 Å². The maximum absolute atomic E-state index is 11.6. The SMILES string of the molecule is CC(C)C(CO)NC(=O)CCn1ccnc1. The molecule has 1 aromatic heterocycles.